The molecule has 3 aromatic rings. The molecular formula is C27H26N2O4. The van der Waals surface area contributed by atoms with Gasteiger partial charge in [-0.15, -0.1) is 0 Å². The molecule has 2 bridgehead atoms. The SMILES string of the molecule is COc1cc(C(=O)NCC2CC3c4ccccc4C2c2ccccc23)ccc1OCC(N)=O. The summed E-state index contributed by atoms with van der Waals surface area (Å²) in [5, 5.41) is 3.13. The van der Waals surface area contributed by atoms with Gasteiger partial charge in [-0.05, 0) is 52.8 Å². The van der Waals surface area contributed by atoms with E-state index < -0.39 is 5.91 Å². The van der Waals surface area contributed by atoms with E-state index in [0.717, 1.165) is 6.42 Å². The molecule has 0 radical (unpaired) electrons. The number of rotatable bonds is 7. The Balaban J connectivity index is 1.33. The van der Waals surface area contributed by atoms with Crippen LogP contribution in [0.1, 0.15) is 50.9 Å². The van der Waals surface area contributed by atoms with Crippen LogP contribution in [0.25, 0.3) is 0 Å². The first-order valence-electron chi connectivity index (χ1n) is 11.1. The van der Waals surface area contributed by atoms with Crippen LogP contribution in [0.3, 0.4) is 0 Å². The van der Waals surface area contributed by atoms with Crippen LogP contribution in [0, 0.1) is 5.92 Å². The molecule has 6 rings (SSSR count). The van der Waals surface area contributed by atoms with Crippen molar-refractivity contribution < 1.29 is 19.1 Å². The Bertz CT molecular complexity index is 1170. The molecule has 33 heavy (non-hydrogen) atoms. The molecule has 0 spiro atoms. The molecule has 0 fully saturated rings. The highest BCUT2D eigenvalue weighted by atomic mass is 16.5. The number of hydrogen-bond donors (Lipinski definition) is 2. The van der Waals surface area contributed by atoms with E-state index in [1.807, 2.05) is 0 Å². The Labute approximate surface area is 192 Å². The zero-order valence-electron chi connectivity index (χ0n) is 18.4. The van der Waals surface area contributed by atoms with Crippen molar-refractivity contribution in [2.45, 2.75) is 18.3 Å². The maximum absolute atomic E-state index is 12.9. The number of carbonyl (C=O) groups is 2. The minimum atomic E-state index is -0.580. The van der Waals surface area contributed by atoms with Gasteiger partial charge in [0.1, 0.15) is 0 Å². The van der Waals surface area contributed by atoms with Crippen molar-refractivity contribution in [2.75, 3.05) is 20.3 Å². The van der Waals surface area contributed by atoms with Crippen molar-refractivity contribution in [3.05, 3.63) is 94.5 Å². The molecular weight excluding hydrogens is 416 g/mol. The highest BCUT2D eigenvalue weighted by Crippen LogP contribution is 2.55. The predicted octanol–water partition coefficient (Wildman–Crippen LogP) is 3.59. The van der Waals surface area contributed by atoms with Gasteiger partial charge in [0.25, 0.3) is 11.8 Å². The molecule has 3 aliphatic rings. The van der Waals surface area contributed by atoms with E-state index in [1.54, 1.807) is 18.2 Å². The summed E-state index contributed by atoms with van der Waals surface area (Å²) in [5.41, 5.74) is 11.2. The summed E-state index contributed by atoms with van der Waals surface area (Å²) >= 11 is 0. The van der Waals surface area contributed by atoms with Crippen LogP contribution in [-0.2, 0) is 4.79 Å². The van der Waals surface area contributed by atoms with Gasteiger partial charge in [0.2, 0.25) is 0 Å². The van der Waals surface area contributed by atoms with E-state index in [4.69, 9.17) is 15.2 Å². The summed E-state index contributed by atoms with van der Waals surface area (Å²) < 4.78 is 10.7. The molecule has 6 nitrogen and oxygen atoms in total. The molecule has 0 saturated heterocycles. The molecule has 6 heteroatoms. The number of primary amides is 1. The number of benzene rings is 3. The van der Waals surface area contributed by atoms with Crippen molar-refractivity contribution >= 4 is 11.8 Å². The fourth-order valence-electron chi connectivity index (χ4n) is 5.36. The van der Waals surface area contributed by atoms with Crippen molar-refractivity contribution in [1.29, 1.82) is 0 Å². The number of fused-ring (bicyclic) bond motifs is 1. The first kappa shape index (κ1) is 21.1. The zero-order valence-corrected chi connectivity index (χ0v) is 18.4. The quantitative estimate of drug-likeness (QED) is 0.585. The van der Waals surface area contributed by atoms with Gasteiger partial charge in [0.15, 0.2) is 18.1 Å². The van der Waals surface area contributed by atoms with Crippen molar-refractivity contribution in [2.24, 2.45) is 11.7 Å². The van der Waals surface area contributed by atoms with Gasteiger partial charge in [0.05, 0.1) is 7.11 Å². The Morgan fingerprint density at radius 1 is 0.939 bits per heavy atom. The second kappa shape index (κ2) is 8.62. The molecule has 0 aliphatic heterocycles. The van der Waals surface area contributed by atoms with Crippen LogP contribution < -0.4 is 20.5 Å². The largest absolute Gasteiger partial charge is 0.493 e. The second-order valence-electron chi connectivity index (χ2n) is 8.61. The molecule has 3 aromatic carbocycles. The van der Waals surface area contributed by atoms with Crippen molar-refractivity contribution in [3.8, 4) is 11.5 Å². The average Bonchev–Trinajstić information content (AvgIpc) is 2.86. The zero-order chi connectivity index (χ0) is 22.9. The summed E-state index contributed by atoms with van der Waals surface area (Å²) in [6.07, 6.45) is 1.02. The molecule has 0 saturated carbocycles. The third kappa shape index (κ3) is 3.82. The lowest BCUT2D eigenvalue weighted by Crippen LogP contribution is -2.39. The monoisotopic (exact) mass is 442 g/mol. The Kier molecular flexibility index (Phi) is 5.50. The van der Waals surface area contributed by atoms with Gasteiger partial charge in [0, 0.05) is 23.9 Å². The number of carbonyl (C=O) groups excluding carboxylic acids is 2. The Morgan fingerprint density at radius 2 is 1.58 bits per heavy atom. The summed E-state index contributed by atoms with van der Waals surface area (Å²) in [4.78, 5) is 23.9. The fraction of sp³-hybridized carbons (Fsp3) is 0.259. The van der Waals surface area contributed by atoms with Crippen LogP contribution in [0.2, 0.25) is 0 Å². The maximum Gasteiger partial charge on any atom is 0.255 e. The molecule has 2 amide bonds. The standard InChI is InChI=1S/C27H26N2O4/c1-32-24-13-16(10-11-23(24)33-15-25(28)30)27(31)29-14-17-12-22-18-6-2-4-8-20(18)26(17)21-9-5-3-7-19(21)22/h2-11,13,17,22,26H,12,14-15H2,1H3,(H2,28,30)(H,29,31). The van der Waals surface area contributed by atoms with Gasteiger partial charge < -0.3 is 20.5 Å². The number of hydrogen-bond acceptors (Lipinski definition) is 4. The molecule has 3 N–H and O–H groups in total. The van der Waals surface area contributed by atoms with Gasteiger partial charge in [-0.25, -0.2) is 0 Å². The summed E-state index contributed by atoms with van der Waals surface area (Å²) in [7, 11) is 1.49. The molecule has 1 atom stereocenters. The van der Waals surface area contributed by atoms with E-state index >= 15 is 0 Å². The number of amides is 2. The van der Waals surface area contributed by atoms with Gasteiger partial charge in [-0.3, -0.25) is 9.59 Å². The summed E-state index contributed by atoms with van der Waals surface area (Å²) in [6, 6.07) is 22.3. The third-order valence-electron chi connectivity index (χ3n) is 6.74. The predicted molar refractivity (Wildman–Crippen MR) is 125 cm³/mol. The van der Waals surface area contributed by atoms with Crippen LogP contribution in [0.4, 0.5) is 0 Å². The number of nitrogens with one attached hydrogen (secondary N) is 1. The third-order valence-corrected chi connectivity index (χ3v) is 6.74. The first-order valence-corrected chi connectivity index (χ1v) is 11.1. The first-order chi connectivity index (χ1) is 16.1. The van der Waals surface area contributed by atoms with E-state index in [9.17, 15) is 9.59 Å². The topological polar surface area (TPSA) is 90.7 Å². The van der Waals surface area contributed by atoms with Gasteiger partial charge in [-0.2, -0.15) is 0 Å². The van der Waals surface area contributed by atoms with Crippen LogP contribution in [0.15, 0.2) is 66.7 Å². The lowest BCUT2D eigenvalue weighted by Gasteiger charge is -2.45. The molecule has 3 aliphatic carbocycles. The van der Waals surface area contributed by atoms with Crippen LogP contribution in [-0.4, -0.2) is 32.1 Å². The van der Waals surface area contributed by atoms with E-state index in [1.165, 1.54) is 29.4 Å². The smallest absolute Gasteiger partial charge is 0.255 e. The summed E-state index contributed by atoms with van der Waals surface area (Å²) in [5.74, 6) is 0.965. The molecule has 0 heterocycles. The maximum atomic E-state index is 12.9. The normalized spacial score (nSPS) is 19.8. The molecule has 1 unspecified atom stereocenters. The van der Waals surface area contributed by atoms with E-state index in [2.05, 4.69) is 53.8 Å². The number of methoxy groups -OCH3 is 1. The molecule has 0 aromatic heterocycles. The minimum absolute atomic E-state index is 0.169. The van der Waals surface area contributed by atoms with Gasteiger partial charge >= 0.3 is 0 Å². The van der Waals surface area contributed by atoms with E-state index in [0.29, 0.717) is 35.4 Å². The average molecular weight is 443 g/mol. The number of nitrogens with two attached hydrogens (primary N) is 1. The van der Waals surface area contributed by atoms with Crippen LogP contribution >= 0.6 is 0 Å². The second-order valence-corrected chi connectivity index (χ2v) is 8.61. The Morgan fingerprint density at radius 3 is 2.18 bits per heavy atom. The van der Waals surface area contributed by atoms with E-state index in [-0.39, 0.29) is 18.4 Å². The minimum Gasteiger partial charge on any atom is -0.493 e. The Hall–Kier alpha value is -3.80. The summed E-state index contributed by atoms with van der Waals surface area (Å²) in [6.45, 7) is 0.333. The van der Waals surface area contributed by atoms with Gasteiger partial charge in [-0.1, -0.05) is 48.5 Å². The van der Waals surface area contributed by atoms with Crippen molar-refractivity contribution in [1.82, 2.24) is 5.32 Å². The highest BCUT2D eigenvalue weighted by Gasteiger charge is 2.42. The van der Waals surface area contributed by atoms with Crippen LogP contribution in [0.5, 0.6) is 11.5 Å². The van der Waals surface area contributed by atoms with Crippen molar-refractivity contribution in [3.63, 3.8) is 0 Å². The lowest BCUT2D eigenvalue weighted by atomic mass is 9.59. The fourth-order valence-corrected chi connectivity index (χ4v) is 5.36. The lowest BCUT2D eigenvalue weighted by molar-refractivity contribution is -0.119. The molecule has 168 valence electrons. The number of ether oxygens (including phenoxy) is 2. The highest BCUT2D eigenvalue weighted by molar-refractivity contribution is 5.95.